The first-order valence-corrected chi connectivity index (χ1v) is 3.69. The van der Waals surface area contributed by atoms with E-state index in [-0.39, 0.29) is 12.4 Å². The van der Waals surface area contributed by atoms with Gasteiger partial charge in [-0.15, -0.1) is 0 Å². The molecular formula is C7H14O3. The van der Waals surface area contributed by atoms with Crippen LogP contribution in [-0.4, -0.2) is 30.2 Å². The quantitative estimate of drug-likeness (QED) is 0.586. The summed E-state index contributed by atoms with van der Waals surface area (Å²) >= 11 is 0. The third kappa shape index (κ3) is 1.68. The normalized spacial score (nSPS) is 41.7. The van der Waals surface area contributed by atoms with Gasteiger partial charge in [0, 0.05) is 0 Å². The van der Waals surface area contributed by atoms with Gasteiger partial charge in [0.15, 0.2) is 6.29 Å². The molecule has 0 aromatic carbocycles. The fourth-order valence-electron chi connectivity index (χ4n) is 1.09. The molecule has 10 heavy (non-hydrogen) atoms. The highest BCUT2D eigenvalue weighted by Crippen LogP contribution is 2.14. The van der Waals surface area contributed by atoms with Gasteiger partial charge in [0.05, 0.1) is 12.7 Å². The number of hydrogen-bond donors (Lipinski definition) is 1. The first kappa shape index (κ1) is 7.98. The van der Waals surface area contributed by atoms with E-state index in [4.69, 9.17) is 9.47 Å². The van der Waals surface area contributed by atoms with Crippen LogP contribution in [-0.2, 0) is 9.47 Å². The lowest BCUT2D eigenvalue weighted by Crippen LogP contribution is -2.42. The summed E-state index contributed by atoms with van der Waals surface area (Å²) in [6.07, 6.45) is 0.202. The van der Waals surface area contributed by atoms with E-state index in [2.05, 4.69) is 0 Å². The molecule has 3 heteroatoms. The molecule has 1 fully saturated rings. The highest BCUT2D eigenvalue weighted by Gasteiger charge is 2.26. The molecule has 1 heterocycles. The fourth-order valence-corrected chi connectivity index (χ4v) is 1.09. The van der Waals surface area contributed by atoms with Crippen LogP contribution in [0.2, 0.25) is 0 Å². The molecule has 0 spiro atoms. The monoisotopic (exact) mass is 146 g/mol. The number of rotatable bonds is 1. The standard InChI is InChI=1S/C7H14O3/c1-3-7-6(8)4-9-5(2)10-7/h5-8H,3-4H2,1-2H3. The highest BCUT2D eigenvalue weighted by atomic mass is 16.7. The summed E-state index contributed by atoms with van der Waals surface area (Å²) in [5, 5.41) is 9.24. The van der Waals surface area contributed by atoms with Gasteiger partial charge in [-0.2, -0.15) is 0 Å². The van der Waals surface area contributed by atoms with Crippen molar-refractivity contribution in [2.75, 3.05) is 6.61 Å². The van der Waals surface area contributed by atoms with E-state index in [1.165, 1.54) is 0 Å². The minimum atomic E-state index is -0.443. The molecule has 1 rings (SSSR count). The van der Waals surface area contributed by atoms with Crippen LogP contribution in [0, 0.1) is 0 Å². The van der Waals surface area contributed by atoms with E-state index in [0.29, 0.717) is 6.61 Å². The third-order valence-electron chi connectivity index (χ3n) is 1.70. The second-order valence-electron chi connectivity index (χ2n) is 2.55. The lowest BCUT2D eigenvalue weighted by Gasteiger charge is -2.31. The number of aliphatic hydroxyl groups is 1. The van der Waals surface area contributed by atoms with Gasteiger partial charge in [0.1, 0.15) is 6.10 Å². The highest BCUT2D eigenvalue weighted by molar-refractivity contribution is 4.70. The largest absolute Gasteiger partial charge is 0.388 e. The van der Waals surface area contributed by atoms with Gasteiger partial charge in [-0.3, -0.25) is 0 Å². The molecule has 1 N–H and O–H groups in total. The smallest absolute Gasteiger partial charge is 0.155 e. The van der Waals surface area contributed by atoms with Crippen LogP contribution in [0.4, 0.5) is 0 Å². The van der Waals surface area contributed by atoms with Crippen molar-refractivity contribution in [2.45, 2.75) is 38.8 Å². The van der Waals surface area contributed by atoms with E-state index in [9.17, 15) is 5.11 Å². The lowest BCUT2D eigenvalue weighted by molar-refractivity contribution is -0.244. The van der Waals surface area contributed by atoms with Gasteiger partial charge in [-0.25, -0.2) is 0 Å². The van der Waals surface area contributed by atoms with E-state index in [1.54, 1.807) is 0 Å². The third-order valence-corrected chi connectivity index (χ3v) is 1.70. The minimum absolute atomic E-state index is 0.0382. The molecule has 3 nitrogen and oxygen atoms in total. The van der Waals surface area contributed by atoms with E-state index >= 15 is 0 Å². The van der Waals surface area contributed by atoms with Crippen LogP contribution >= 0.6 is 0 Å². The topological polar surface area (TPSA) is 38.7 Å². The van der Waals surface area contributed by atoms with E-state index < -0.39 is 6.10 Å². The first-order chi connectivity index (χ1) is 4.74. The average molecular weight is 146 g/mol. The van der Waals surface area contributed by atoms with Crippen LogP contribution < -0.4 is 0 Å². The molecule has 0 aliphatic carbocycles. The molecule has 0 saturated carbocycles. The zero-order chi connectivity index (χ0) is 7.56. The molecule has 60 valence electrons. The van der Waals surface area contributed by atoms with Crippen LogP contribution in [0.5, 0.6) is 0 Å². The van der Waals surface area contributed by atoms with Crippen molar-refractivity contribution < 1.29 is 14.6 Å². The summed E-state index contributed by atoms with van der Waals surface area (Å²) in [5.41, 5.74) is 0. The van der Waals surface area contributed by atoms with Gasteiger partial charge < -0.3 is 14.6 Å². The van der Waals surface area contributed by atoms with Crippen LogP contribution in [0.25, 0.3) is 0 Å². The Labute approximate surface area is 60.9 Å². The molecule has 0 aromatic heterocycles. The van der Waals surface area contributed by atoms with Crippen molar-refractivity contribution in [1.29, 1.82) is 0 Å². The molecule has 0 amide bonds. The zero-order valence-electron chi connectivity index (χ0n) is 6.41. The van der Waals surface area contributed by atoms with Crippen molar-refractivity contribution in [2.24, 2.45) is 0 Å². The number of hydrogen-bond acceptors (Lipinski definition) is 3. The molecule has 1 saturated heterocycles. The Balaban J connectivity index is 2.38. The molecule has 0 bridgehead atoms. The minimum Gasteiger partial charge on any atom is -0.388 e. The SMILES string of the molecule is CCC1OC(C)OCC1O. The molecule has 3 atom stereocenters. The number of aliphatic hydroxyl groups excluding tert-OH is 1. The zero-order valence-corrected chi connectivity index (χ0v) is 6.41. The Morgan fingerprint density at radius 2 is 2.30 bits per heavy atom. The predicted molar refractivity (Wildman–Crippen MR) is 36.6 cm³/mol. The Kier molecular flexibility index (Phi) is 2.65. The molecule has 3 unspecified atom stereocenters. The summed E-state index contributed by atoms with van der Waals surface area (Å²) in [7, 11) is 0. The summed E-state index contributed by atoms with van der Waals surface area (Å²) in [5.74, 6) is 0. The van der Waals surface area contributed by atoms with Crippen LogP contribution in [0.15, 0.2) is 0 Å². The second kappa shape index (κ2) is 3.32. The average Bonchev–Trinajstić information content (AvgIpc) is 1.94. The van der Waals surface area contributed by atoms with Gasteiger partial charge in [-0.05, 0) is 13.3 Å². The summed E-state index contributed by atoms with van der Waals surface area (Å²) in [6.45, 7) is 4.24. The van der Waals surface area contributed by atoms with Crippen molar-refractivity contribution in [1.82, 2.24) is 0 Å². The van der Waals surface area contributed by atoms with E-state index in [0.717, 1.165) is 6.42 Å². The maximum atomic E-state index is 9.24. The Hall–Kier alpha value is -0.120. The van der Waals surface area contributed by atoms with Crippen molar-refractivity contribution >= 4 is 0 Å². The van der Waals surface area contributed by atoms with Gasteiger partial charge in [0.2, 0.25) is 0 Å². The molecule has 1 aliphatic heterocycles. The van der Waals surface area contributed by atoms with Gasteiger partial charge in [0.25, 0.3) is 0 Å². The van der Waals surface area contributed by atoms with Crippen molar-refractivity contribution in [3.8, 4) is 0 Å². The molecule has 0 aromatic rings. The first-order valence-electron chi connectivity index (χ1n) is 3.69. The molecular weight excluding hydrogens is 132 g/mol. The van der Waals surface area contributed by atoms with Gasteiger partial charge >= 0.3 is 0 Å². The van der Waals surface area contributed by atoms with Crippen LogP contribution in [0.1, 0.15) is 20.3 Å². The number of ether oxygens (including phenoxy) is 2. The van der Waals surface area contributed by atoms with Crippen molar-refractivity contribution in [3.05, 3.63) is 0 Å². The second-order valence-corrected chi connectivity index (χ2v) is 2.55. The summed E-state index contributed by atoms with van der Waals surface area (Å²) < 4.78 is 10.3. The Bertz CT molecular complexity index is 105. The van der Waals surface area contributed by atoms with Crippen molar-refractivity contribution in [3.63, 3.8) is 0 Å². The fraction of sp³-hybridized carbons (Fsp3) is 1.00. The lowest BCUT2D eigenvalue weighted by atomic mass is 10.1. The van der Waals surface area contributed by atoms with Gasteiger partial charge in [-0.1, -0.05) is 6.92 Å². The maximum absolute atomic E-state index is 9.24. The van der Waals surface area contributed by atoms with E-state index in [1.807, 2.05) is 13.8 Å². The van der Waals surface area contributed by atoms with Crippen LogP contribution in [0.3, 0.4) is 0 Å². The molecule has 0 radical (unpaired) electrons. The molecule has 1 aliphatic rings. The maximum Gasteiger partial charge on any atom is 0.155 e. The summed E-state index contributed by atoms with van der Waals surface area (Å²) in [6, 6.07) is 0. The Morgan fingerprint density at radius 1 is 1.60 bits per heavy atom. The Morgan fingerprint density at radius 3 is 2.80 bits per heavy atom. The summed E-state index contributed by atoms with van der Waals surface area (Å²) in [4.78, 5) is 0. The predicted octanol–water partition coefficient (Wildman–Crippen LogP) is 0.519.